The number of pyridine rings is 2. The number of benzene rings is 2. The lowest BCUT2D eigenvalue weighted by molar-refractivity contribution is 0.639. The Balaban J connectivity index is 0.000000156. The summed E-state index contributed by atoms with van der Waals surface area (Å²) < 4.78 is 28.2. The van der Waals surface area contributed by atoms with Crippen LogP contribution in [0.4, 0.5) is 8.78 Å². The molecule has 2 nitrogen and oxygen atoms in total. The fourth-order valence-electron chi connectivity index (χ4n) is 2.50. The van der Waals surface area contributed by atoms with E-state index in [-0.39, 0.29) is 11.6 Å². The van der Waals surface area contributed by atoms with Crippen molar-refractivity contribution >= 4 is 69.6 Å². The van der Waals surface area contributed by atoms with Crippen LogP contribution in [0, 0.1) is 18.6 Å². The molecule has 138 valence electrons. The zero-order chi connectivity index (χ0) is 19.6. The van der Waals surface area contributed by atoms with E-state index >= 15 is 0 Å². The van der Waals surface area contributed by atoms with Crippen LogP contribution in [-0.4, -0.2) is 9.97 Å². The number of halogens is 5. The molecule has 0 saturated heterocycles. The molecule has 2 aromatic heterocycles. The Morgan fingerprint density at radius 1 is 0.815 bits per heavy atom. The summed E-state index contributed by atoms with van der Waals surface area (Å²) in [5.74, 6) is -0.470. The van der Waals surface area contributed by atoms with E-state index in [1.54, 1.807) is 36.4 Å². The van der Waals surface area contributed by atoms with Gasteiger partial charge in [-0.2, -0.15) is 0 Å². The monoisotopic (exact) mass is 556 g/mol. The van der Waals surface area contributed by atoms with Crippen LogP contribution in [0.5, 0.6) is 0 Å². The van der Waals surface area contributed by atoms with Gasteiger partial charge in [-0.05, 0) is 75.2 Å². The van der Waals surface area contributed by atoms with Gasteiger partial charge in [-0.3, -0.25) is 9.97 Å². The molecular weight excluding hydrogens is 546 g/mol. The summed E-state index contributed by atoms with van der Waals surface area (Å²) in [5, 5.41) is 1.75. The Bertz CT molecular complexity index is 1130. The molecule has 0 radical (unpaired) electrons. The second-order valence-corrected chi connectivity index (χ2v) is 7.99. The lowest BCUT2D eigenvalue weighted by Crippen LogP contribution is -1.90. The van der Waals surface area contributed by atoms with Gasteiger partial charge >= 0.3 is 0 Å². The summed E-state index contributed by atoms with van der Waals surface area (Å²) >= 11 is 10.0. The number of aromatic nitrogens is 2. The first-order valence-corrected chi connectivity index (χ1v) is 10.6. The number of rotatable bonds is 1. The number of nitrogens with zero attached hydrogens (tertiary/aromatic N) is 2. The fourth-order valence-corrected chi connectivity index (χ4v) is 4.08. The molecule has 0 aliphatic heterocycles. The van der Waals surface area contributed by atoms with Crippen molar-refractivity contribution in [3.05, 3.63) is 80.5 Å². The molecule has 0 unspecified atom stereocenters. The third kappa shape index (κ3) is 4.52. The average molecular weight is 559 g/mol. The average Bonchev–Trinajstić information content (AvgIpc) is 2.64. The molecule has 0 bridgehead atoms. The lowest BCUT2D eigenvalue weighted by atomic mass is 10.2. The molecule has 4 aromatic rings. The molecule has 0 fully saturated rings. The van der Waals surface area contributed by atoms with E-state index < -0.39 is 0 Å². The van der Waals surface area contributed by atoms with Gasteiger partial charge in [0.15, 0.2) is 0 Å². The van der Waals surface area contributed by atoms with Crippen LogP contribution in [0.1, 0.15) is 11.4 Å². The molecule has 4 rings (SSSR count). The van der Waals surface area contributed by atoms with Crippen LogP contribution in [0.2, 0.25) is 0 Å². The second-order valence-electron chi connectivity index (χ2n) is 5.72. The van der Waals surface area contributed by atoms with Crippen LogP contribution in [0.15, 0.2) is 57.5 Å². The smallest absolute Gasteiger partial charge is 0.132 e. The summed E-state index contributed by atoms with van der Waals surface area (Å²) in [5.41, 5.74) is 3.13. The quantitative estimate of drug-likeness (QED) is 0.226. The highest BCUT2D eigenvalue weighted by Crippen LogP contribution is 2.25. The van der Waals surface area contributed by atoms with Gasteiger partial charge in [0.05, 0.1) is 22.4 Å². The predicted molar refractivity (Wildman–Crippen MR) is 116 cm³/mol. The number of hydrogen-bond donors (Lipinski definition) is 0. The first-order chi connectivity index (χ1) is 12.9. The summed E-state index contributed by atoms with van der Waals surface area (Å²) in [6.07, 6.45) is 0. The molecule has 0 spiro atoms. The van der Waals surface area contributed by atoms with Crippen molar-refractivity contribution in [3.63, 3.8) is 0 Å². The van der Waals surface area contributed by atoms with Crippen molar-refractivity contribution in [2.75, 3.05) is 0 Å². The fraction of sp³-hybridized carbons (Fsp3) is 0.100. The first kappa shape index (κ1) is 20.3. The maximum absolute atomic E-state index is 13.3. The van der Waals surface area contributed by atoms with Crippen molar-refractivity contribution in [2.45, 2.75) is 12.3 Å². The van der Waals surface area contributed by atoms with E-state index in [4.69, 9.17) is 0 Å². The Morgan fingerprint density at radius 2 is 1.33 bits per heavy atom. The minimum atomic E-state index is -0.239. The van der Waals surface area contributed by atoms with E-state index in [1.807, 2.05) is 6.92 Å². The van der Waals surface area contributed by atoms with E-state index in [1.165, 1.54) is 12.1 Å². The highest BCUT2D eigenvalue weighted by atomic mass is 79.9. The largest absolute Gasteiger partial charge is 0.252 e. The number of alkyl halides is 1. The molecule has 0 aliphatic rings. The normalized spacial score (nSPS) is 10.7. The third-order valence-electron chi connectivity index (χ3n) is 3.89. The summed E-state index contributed by atoms with van der Waals surface area (Å²) in [6, 6.07) is 13.3. The Kier molecular flexibility index (Phi) is 6.55. The number of fused-ring (bicyclic) bond motifs is 2. The molecular formula is C20H13Br3F2N2. The lowest BCUT2D eigenvalue weighted by Gasteiger charge is -2.03. The molecule has 0 amide bonds. The van der Waals surface area contributed by atoms with E-state index in [2.05, 4.69) is 57.8 Å². The van der Waals surface area contributed by atoms with Crippen molar-refractivity contribution < 1.29 is 8.78 Å². The molecule has 0 N–H and O–H groups in total. The van der Waals surface area contributed by atoms with Crippen LogP contribution >= 0.6 is 47.8 Å². The molecule has 2 heterocycles. The zero-order valence-electron chi connectivity index (χ0n) is 14.1. The molecule has 2 aromatic carbocycles. The van der Waals surface area contributed by atoms with Crippen LogP contribution in [-0.2, 0) is 5.33 Å². The number of aryl methyl sites for hydroxylation is 1. The van der Waals surface area contributed by atoms with Gasteiger partial charge < -0.3 is 0 Å². The second kappa shape index (κ2) is 8.71. The van der Waals surface area contributed by atoms with E-state index in [0.717, 1.165) is 20.3 Å². The van der Waals surface area contributed by atoms with Crippen LogP contribution in [0.25, 0.3) is 21.8 Å². The van der Waals surface area contributed by atoms with Gasteiger partial charge in [-0.25, -0.2) is 8.78 Å². The zero-order valence-corrected chi connectivity index (χ0v) is 18.9. The summed E-state index contributed by atoms with van der Waals surface area (Å²) in [7, 11) is 0. The van der Waals surface area contributed by atoms with Crippen molar-refractivity contribution in [3.8, 4) is 0 Å². The van der Waals surface area contributed by atoms with Gasteiger partial charge in [0.2, 0.25) is 0 Å². The Hall–Kier alpha value is -1.44. The maximum atomic E-state index is 13.3. The summed E-state index contributed by atoms with van der Waals surface area (Å²) in [4.78, 5) is 8.57. The number of hydrogen-bond acceptors (Lipinski definition) is 2. The summed E-state index contributed by atoms with van der Waals surface area (Å²) in [6.45, 7) is 1.88. The molecule has 0 saturated carbocycles. The molecule has 7 heteroatoms. The maximum Gasteiger partial charge on any atom is 0.132 e. The van der Waals surface area contributed by atoms with Crippen molar-refractivity contribution in [1.29, 1.82) is 0 Å². The topological polar surface area (TPSA) is 25.8 Å². The van der Waals surface area contributed by atoms with E-state index in [9.17, 15) is 8.78 Å². The van der Waals surface area contributed by atoms with Crippen molar-refractivity contribution in [2.24, 2.45) is 0 Å². The van der Waals surface area contributed by atoms with Gasteiger partial charge in [-0.15, -0.1) is 0 Å². The highest BCUT2D eigenvalue weighted by Gasteiger charge is 2.06. The van der Waals surface area contributed by atoms with Gasteiger partial charge in [0.1, 0.15) is 11.6 Å². The third-order valence-corrected chi connectivity index (χ3v) is 5.91. The molecule has 0 atom stereocenters. The minimum absolute atomic E-state index is 0.231. The van der Waals surface area contributed by atoms with Crippen LogP contribution < -0.4 is 0 Å². The first-order valence-electron chi connectivity index (χ1n) is 7.91. The highest BCUT2D eigenvalue weighted by molar-refractivity contribution is 9.11. The van der Waals surface area contributed by atoms with Gasteiger partial charge in [-0.1, -0.05) is 28.1 Å². The van der Waals surface area contributed by atoms with Crippen LogP contribution in [0.3, 0.4) is 0 Å². The van der Waals surface area contributed by atoms with Gasteiger partial charge in [0.25, 0.3) is 0 Å². The Labute approximate surface area is 180 Å². The molecule has 0 aliphatic carbocycles. The Morgan fingerprint density at radius 3 is 1.89 bits per heavy atom. The predicted octanol–water partition coefficient (Wildman–Crippen LogP) is 7.48. The molecule has 27 heavy (non-hydrogen) atoms. The standard InChI is InChI=1S/C10H6Br2FN.C10H7BrFN/c11-5-10-7(12)4-6-8(13)2-1-3-9(6)14-10;1-6-8(11)5-7-9(12)3-2-4-10(7)13-6/h1-4H,5H2;2-5H,1H3. The minimum Gasteiger partial charge on any atom is -0.252 e. The van der Waals surface area contributed by atoms with Gasteiger partial charge in [0, 0.05) is 25.0 Å². The van der Waals surface area contributed by atoms with E-state index in [0.29, 0.717) is 27.1 Å². The van der Waals surface area contributed by atoms with Crippen molar-refractivity contribution in [1.82, 2.24) is 9.97 Å². The SMILES string of the molecule is Cc1nc2cccc(F)c2cc1Br.Fc1cccc2nc(CBr)c(Br)cc12.